The molecule has 25 heavy (non-hydrogen) atoms. The zero-order valence-electron chi connectivity index (χ0n) is 13.8. The molecular formula is C18H18F3N3O. The smallest absolute Gasteiger partial charge is 0.311 e. The first-order chi connectivity index (χ1) is 11.9. The maximum atomic E-state index is 13.2. The van der Waals surface area contributed by atoms with Gasteiger partial charge in [-0.05, 0) is 43.4 Å². The van der Waals surface area contributed by atoms with Crippen molar-refractivity contribution in [3.8, 4) is 0 Å². The Morgan fingerprint density at radius 1 is 1.28 bits per heavy atom. The fourth-order valence-electron chi connectivity index (χ4n) is 4.04. The summed E-state index contributed by atoms with van der Waals surface area (Å²) in [6.07, 6.45) is 0.121. The Hall–Kier alpha value is -2.31. The van der Waals surface area contributed by atoms with Crippen molar-refractivity contribution in [2.75, 3.05) is 11.4 Å². The lowest BCUT2D eigenvalue weighted by molar-refractivity contribution is -0.138. The van der Waals surface area contributed by atoms with Gasteiger partial charge in [-0.1, -0.05) is 6.07 Å². The Morgan fingerprint density at radius 3 is 2.84 bits per heavy atom. The van der Waals surface area contributed by atoms with E-state index < -0.39 is 11.7 Å². The summed E-state index contributed by atoms with van der Waals surface area (Å²) >= 11 is 0. The third kappa shape index (κ3) is 2.62. The lowest BCUT2D eigenvalue weighted by atomic mass is 9.86. The number of anilines is 1. The minimum Gasteiger partial charge on any atom is -0.311 e. The van der Waals surface area contributed by atoms with Gasteiger partial charge in [-0.25, -0.2) is 0 Å². The van der Waals surface area contributed by atoms with Gasteiger partial charge in [0, 0.05) is 31.0 Å². The molecule has 1 atom stereocenters. The van der Waals surface area contributed by atoms with Crippen LogP contribution in [0.3, 0.4) is 0 Å². The molecule has 0 radical (unpaired) electrons. The van der Waals surface area contributed by atoms with Gasteiger partial charge >= 0.3 is 6.18 Å². The summed E-state index contributed by atoms with van der Waals surface area (Å²) in [5.74, 6) is -0.440. The summed E-state index contributed by atoms with van der Waals surface area (Å²) in [5, 5.41) is 4.40. The van der Waals surface area contributed by atoms with E-state index in [-0.39, 0.29) is 23.8 Å². The summed E-state index contributed by atoms with van der Waals surface area (Å²) in [7, 11) is 1.82. The number of hydrogen-bond donors (Lipinski definition) is 0. The Labute approximate surface area is 143 Å². The number of carbonyl (C=O) groups excluding carboxylic acids is 1. The lowest BCUT2D eigenvalue weighted by Gasteiger charge is -2.26. The maximum Gasteiger partial charge on any atom is 0.416 e. The Morgan fingerprint density at radius 2 is 2.08 bits per heavy atom. The van der Waals surface area contributed by atoms with Gasteiger partial charge in [0.05, 0.1) is 17.2 Å². The van der Waals surface area contributed by atoms with E-state index in [0.29, 0.717) is 18.7 Å². The highest BCUT2D eigenvalue weighted by atomic mass is 19.4. The van der Waals surface area contributed by atoms with Gasteiger partial charge in [-0.3, -0.25) is 9.48 Å². The molecule has 7 heteroatoms. The zero-order chi connectivity index (χ0) is 17.8. The second kappa shape index (κ2) is 5.61. The highest BCUT2D eigenvalue weighted by Gasteiger charge is 2.40. The number of benzene rings is 1. The van der Waals surface area contributed by atoms with E-state index in [1.807, 2.05) is 13.2 Å². The number of nitrogens with zero attached hydrogens (tertiary/aromatic N) is 3. The predicted molar refractivity (Wildman–Crippen MR) is 86.4 cm³/mol. The van der Waals surface area contributed by atoms with Crippen LogP contribution in [0.25, 0.3) is 0 Å². The lowest BCUT2D eigenvalue weighted by Crippen LogP contribution is -2.35. The van der Waals surface area contributed by atoms with E-state index in [2.05, 4.69) is 5.10 Å². The fraction of sp³-hybridized carbons (Fsp3) is 0.444. The second-order valence-corrected chi connectivity index (χ2v) is 6.69. The maximum absolute atomic E-state index is 13.2. The molecule has 4 rings (SSSR count). The van der Waals surface area contributed by atoms with Crippen LogP contribution in [0.4, 0.5) is 18.9 Å². The first-order valence-corrected chi connectivity index (χ1v) is 8.39. The van der Waals surface area contributed by atoms with Crippen LogP contribution in [-0.4, -0.2) is 22.2 Å². The Balaban J connectivity index is 1.69. The van der Waals surface area contributed by atoms with Gasteiger partial charge < -0.3 is 4.90 Å². The molecule has 2 aromatic rings. The summed E-state index contributed by atoms with van der Waals surface area (Å²) in [4.78, 5) is 14.6. The monoisotopic (exact) mass is 349 g/mol. The number of carbonyl (C=O) groups is 1. The molecule has 1 amide bonds. The number of rotatable bonds is 1. The molecular weight excluding hydrogens is 331 g/mol. The standard InChI is InChI=1S/C18H18F3N3O/c1-23-10-13-11(4-2-6-15(13)22-23)17(25)24-9-8-12-14(18(19,20)21)5-3-7-16(12)24/h3,5,7,10-11H,2,4,6,8-9H2,1H3/t11-/m1/s1. The normalized spacial score (nSPS) is 19.7. The molecule has 0 unspecified atom stereocenters. The minimum absolute atomic E-state index is 0.118. The van der Waals surface area contributed by atoms with Crippen LogP contribution < -0.4 is 4.90 Å². The molecule has 0 saturated heterocycles. The van der Waals surface area contributed by atoms with Gasteiger partial charge in [0.15, 0.2) is 0 Å². The van der Waals surface area contributed by atoms with E-state index in [4.69, 9.17) is 0 Å². The summed E-state index contributed by atoms with van der Waals surface area (Å²) in [5.41, 5.74) is 1.84. The van der Waals surface area contributed by atoms with E-state index in [9.17, 15) is 18.0 Å². The van der Waals surface area contributed by atoms with E-state index >= 15 is 0 Å². The van der Waals surface area contributed by atoms with Crippen molar-refractivity contribution in [1.82, 2.24) is 9.78 Å². The number of aromatic nitrogens is 2. The Bertz CT molecular complexity index is 841. The number of alkyl halides is 3. The first kappa shape index (κ1) is 16.2. The third-order valence-electron chi connectivity index (χ3n) is 5.12. The zero-order valence-corrected chi connectivity index (χ0v) is 13.8. The molecule has 0 N–H and O–H groups in total. The van der Waals surface area contributed by atoms with Crippen LogP contribution in [-0.2, 0) is 30.9 Å². The van der Waals surface area contributed by atoms with Gasteiger partial charge in [-0.15, -0.1) is 0 Å². The van der Waals surface area contributed by atoms with E-state index in [1.54, 1.807) is 10.7 Å². The molecule has 1 aliphatic carbocycles. The first-order valence-electron chi connectivity index (χ1n) is 8.39. The number of aryl methyl sites for hydroxylation is 2. The van der Waals surface area contributed by atoms with Crippen LogP contribution >= 0.6 is 0 Å². The predicted octanol–water partition coefficient (Wildman–Crippen LogP) is 3.45. The molecule has 1 aliphatic heterocycles. The number of halogens is 3. The van der Waals surface area contributed by atoms with E-state index in [1.165, 1.54) is 11.0 Å². The van der Waals surface area contributed by atoms with Crippen molar-refractivity contribution in [2.45, 2.75) is 37.8 Å². The molecule has 0 bridgehead atoms. The number of amides is 1. The summed E-state index contributed by atoms with van der Waals surface area (Å²) in [6.45, 7) is 0.299. The molecule has 0 fully saturated rings. The fourth-order valence-corrected chi connectivity index (χ4v) is 4.04. The van der Waals surface area contributed by atoms with Gasteiger partial charge in [0.25, 0.3) is 0 Å². The topological polar surface area (TPSA) is 38.1 Å². The number of hydrogen-bond acceptors (Lipinski definition) is 2. The largest absolute Gasteiger partial charge is 0.416 e. The van der Waals surface area contributed by atoms with E-state index in [0.717, 1.165) is 30.2 Å². The van der Waals surface area contributed by atoms with Gasteiger partial charge in [0.2, 0.25) is 5.91 Å². The quantitative estimate of drug-likeness (QED) is 0.791. The van der Waals surface area contributed by atoms with Crippen LogP contribution in [0.2, 0.25) is 0 Å². The van der Waals surface area contributed by atoms with Crippen LogP contribution in [0, 0.1) is 0 Å². The van der Waals surface area contributed by atoms with Gasteiger partial charge in [-0.2, -0.15) is 18.3 Å². The average Bonchev–Trinajstić information content (AvgIpc) is 3.14. The molecule has 2 aliphatic rings. The van der Waals surface area contributed by atoms with Crippen LogP contribution in [0.5, 0.6) is 0 Å². The van der Waals surface area contributed by atoms with Crippen molar-refractivity contribution in [1.29, 1.82) is 0 Å². The van der Waals surface area contributed by atoms with Crippen molar-refractivity contribution in [3.63, 3.8) is 0 Å². The molecule has 4 nitrogen and oxygen atoms in total. The summed E-state index contributed by atoms with van der Waals surface area (Å²) in [6, 6.07) is 4.08. The second-order valence-electron chi connectivity index (χ2n) is 6.69. The number of fused-ring (bicyclic) bond motifs is 2. The van der Waals surface area contributed by atoms with Gasteiger partial charge in [0.1, 0.15) is 0 Å². The van der Waals surface area contributed by atoms with Crippen LogP contribution in [0.15, 0.2) is 24.4 Å². The SMILES string of the molecule is Cn1cc2c(n1)CCC[C@H]2C(=O)N1CCc2c1cccc2C(F)(F)F. The highest BCUT2D eigenvalue weighted by Crippen LogP contribution is 2.41. The molecule has 0 saturated carbocycles. The molecule has 132 valence electrons. The third-order valence-corrected chi connectivity index (χ3v) is 5.12. The van der Waals surface area contributed by atoms with Crippen molar-refractivity contribution < 1.29 is 18.0 Å². The molecule has 1 aromatic heterocycles. The summed E-state index contributed by atoms with van der Waals surface area (Å²) < 4.78 is 41.3. The van der Waals surface area contributed by atoms with Crippen molar-refractivity contribution >= 4 is 11.6 Å². The highest BCUT2D eigenvalue weighted by molar-refractivity contribution is 6.00. The minimum atomic E-state index is -4.40. The van der Waals surface area contributed by atoms with Crippen LogP contribution in [0.1, 0.15) is 41.1 Å². The average molecular weight is 349 g/mol. The van der Waals surface area contributed by atoms with Crippen molar-refractivity contribution in [3.05, 3.63) is 46.8 Å². The molecule has 2 heterocycles. The molecule has 0 spiro atoms. The molecule has 1 aromatic carbocycles. The Kier molecular flexibility index (Phi) is 3.63. The van der Waals surface area contributed by atoms with Crippen molar-refractivity contribution in [2.24, 2.45) is 7.05 Å².